The zero-order valence-corrected chi connectivity index (χ0v) is 15.7. The molecule has 1 saturated carbocycles. The van der Waals surface area contributed by atoms with Crippen LogP contribution in [0.2, 0.25) is 0 Å². The van der Waals surface area contributed by atoms with Gasteiger partial charge in [0.1, 0.15) is 11.9 Å². The normalized spacial score (nSPS) is 21.6. The Morgan fingerprint density at radius 1 is 1.04 bits per heavy atom. The Bertz CT molecular complexity index is 1010. The fourth-order valence-corrected chi connectivity index (χ4v) is 3.79. The van der Waals surface area contributed by atoms with Crippen molar-refractivity contribution in [2.24, 2.45) is 0 Å². The molecule has 5 heteroatoms. The summed E-state index contributed by atoms with van der Waals surface area (Å²) in [5.41, 5.74) is 3.38. The Labute approximate surface area is 164 Å². The maximum absolute atomic E-state index is 6.22. The molecular weight excluding hydrogens is 350 g/mol. The molecule has 3 heterocycles. The summed E-state index contributed by atoms with van der Waals surface area (Å²) in [6.07, 6.45) is 6.92. The SMILES string of the molecule is C1=C(c2cccnc2O[C@H]2C[C@H](Nc3ccc4ccccc4n3)C2)CCOC1. The van der Waals surface area contributed by atoms with Gasteiger partial charge in [-0.05, 0) is 42.3 Å². The number of hydrogen-bond donors (Lipinski definition) is 1. The zero-order valence-electron chi connectivity index (χ0n) is 15.7. The highest BCUT2D eigenvalue weighted by molar-refractivity contribution is 5.80. The van der Waals surface area contributed by atoms with Crippen LogP contribution in [0.1, 0.15) is 24.8 Å². The van der Waals surface area contributed by atoms with Crippen LogP contribution in [0.25, 0.3) is 16.5 Å². The maximum atomic E-state index is 6.22. The highest BCUT2D eigenvalue weighted by Gasteiger charge is 2.32. The molecule has 1 fully saturated rings. The monoisotopic (exact) mass is 373 g/mol. The number of nitrogens with one attached hydrogen (secondary N) is 1. The molecule has 0 atom stereocenters. The number of pyridine rings is 2. The Balaban J connectivity index is 1.21. The number of anilines is 1. The third-order valence-corrected chi connectivity index (χ3v) is 5.40. The summed E-state index contributed by atoms with van der Waals surface area (Å²) in [6.45, 7) is 1.42. The summed E-state index contributed by atoms with van der Waals surface area (Å²) in [7, 11) is 0. The van der Waals surface area contributed by atoms with Gasteiger partial charge in [-0.3, -0.25) is 0 Å². The third-order valence-electron chi connectivity index (χ3n) is 5.40. The summed E-state index contributed by atoms with van der Waals surface area (Å²) in [6, 6.07) is 16.8. The van der Waals surface area contributed by atoms with Crippen LogP contribution in [-0.4, -0.2) is 35.3 Å². The molecule has 0 bridgehead atoms. The first kappa shape index (κ1) is 17.2. The van der Waals surface area contributed by atoms with Crippen molar-refractivity contribution in [3.63, 3.8) is 0 Å². The lowest BCUT2D eigenvalue weighted by molar-refractivity contribution is 0.102. The Kier molecular flexibility index (Phi) is 4.67. The number of aromatic nitrogens is 2. The average molecular weight is 373 g/mol. The molecule has 5 nitrogen and oxygen atoms in total. The van der Waals surface area contributed by atoms with Gasteiger partial charge in [0.2, 0.25) is 5.88 Å². The minimum atomic E-state index is 0.187. The van der Waals surface area contributed by atoms with Crippen molar-refractivity contribution in [1.82, 2.24) is 9.97 Å². The molecule has 3 aromatic rings. The van der Waals surface area contributed by atoms with Gasteiger partial charge in [0, 0.05) is 36.0 Å². The van der Waals surface area contributed by atoms with Crippen molar-refractivity contribution in [3.05, 3.63) is 66.4 Å². The van der Waals surface area contributed by atoms with E-state index in [0.29, 0.717) is 12.6 Å². The van der Waals surface area contributed by atoms with Crippen molar-refractivity contribution >= 4 is 22.3 Å². The van der Waals surface area contributed by atoms with Crippen molar-refractivity contribution in [2.45, 2.75) is 31.4 Å². The van der Waals surface area contributed by atoms with Crippen LogP contribution in [0.15, 0.2) is 60.8 Å². The van der Waals surface area contributed by atoms with E-state index in [1.54, 1.807) is 6.20 Å². The number of ether oxygens (including phenoxy) is 2. The standard InChI is InChI=1S/C23H23N3O2/c1-2-6-21-17(4-1)7-8-22(26-21)25-18-14-19(15-18)28-23-20(5-3-11-24-23)16-9-12-27-13-10-16/h1-9,11,18-19H,10,12-15H2,(H,25,26)/t18-,19-. The van der Waals surface area contributed by atoms with E-state index < -0.39 is 0 Å². The van der Waals surface area contributed by atoms with Crippen molar-refractivity contribution < 1.29 is 9.47 Å². The lowest BCUT2D eigenvalue weighted by atomic mass is 9.89. The molecule has 2 aromatic heterocycles. The van der Waals surface area contributed by atoms with E-state index in [2.05, 4.69) is 34.6 Å². The van der Waals surface area contributed by atoms with Gasteiger partial charge in [-0.15, -0.1) is 0 Å². The molecule has 0 saturated heterocycles. The van der Waals surface area contributed by atoms with Crippen LogP contribution in [0, 0.1) is 0 Å². The molecular formula is C23H23N3O2. The smallest absolute Gasteiger partial charge is 0.221 e. The lowest BCUT2D eigenvalue weighted by Gasteiger charge is -2.36. The van der Waals surface area contributed by atoms with Crippen LogP contribution in [-0.2, 0) is 4.74 Å². The minimum absolute atomic E-state index is 0.187. The molecule has 1 N–H and O–H groups in total. The summed E-state index contributed by atoms with van der Waals surface area (Å²) in [5.74, 6) is 1.66. The van der Waals surface area contributed by atoms with Gasteiger partial charge in [-0.2, -0.15) is 0 Å². The largest absolute Gasteiger partial charge is 0.474 e. The van der Waals surface area contributed by atoms with Crippen LogP contribution in [0.3, 0.4) is 0 Å². The predicted octanol–water partition coefficient (Wildman–Crippen LogP) is 4.46. The van der Waals surface area contributed by atoms with Crippen LogP contribution < -0.4 is 10.1 Å². The fraction of sp³-hybridized carbons (Fsp3) is 0.304. The van der Waals surface area contributed by atoms with E-state index >= 15 is 0 Å². The number of benzene rings is 1. The lowest BCUT2D eigenvalue weighted by Crippen LogP contribution is -2.43. The van der Waals surface area contributed by atoms with Gasteiger partial charge < -0.3 is 14.8 Å². The number of hydrogen-bond acceptors (Lipinski definition) is 5. The van der Waals surface area contributed by atoms with Crippen molar-refractivity contribution in [3.8, 4) is 5.88 Å². The van der Waals surface area contributed by atoms with E-state index in [1.807, 2.05) is 30.3 Å². The molecule has 28 heavy (non-hydrogen) atoms. The average Bonchev–Trinajstić information content (AvgIpc) is 2.73. The zero-order chi connectivity index (χ0) is 18.8. The third kappa shape index (κ3) is 3.58. The summed E-state index contributed by atoms with van der Waals surface area (Å²) in [4.78, 5) is 9.18. The molecule has 0 unspecified atom stereocenters. The first-order valence-corrected chi connectivity index (χ1v) is 9.86. The van der Waals surface area contributed by atoms with Crippen LogP contribution in [0.4, 0.5) is 5.82 Å². The van der Waals surface area contributed by atoms with E-state index in [-0.39, 0.29) is 6.10 Å². The molecule has 142 valence electrons. The van der Waals surface area contributed by atoms with Crippen molar-refractivity contribution in [2.75, 3.05) is 18.5 Å². The molecule has 1 aromatic carbocycles. The van der Waals surface area contributed by atoms with Crippen LogP contribution in [0.5, 0.6) is 5.88 Å². The van der Waals surface area contributed by atoms with Gasteiger partial charge in [0.15, 0.2) is 0 Å². The van der Waals surface area contributed by atoms with Gasteiger partial charge >= 0.3 is 0 Å². The fourth-order valence-electron chi connectivity index (χ4n) is 3.79. The Morgan fingerprint density at radius 3 is 2.86 bits per heavy atom. The van der Waals surface area contributed by atoms with E-state index in [0.717, 1.165) is 54.0 Å². The number of para-hydroxylation sites is 1. The molecule has 1 aliphatic heterocycles. The summed E-state index contributed by atoms with van der Waals surface area (Å²) in [5, 5.41) is 4.68. The van der Waals surface area contributed by atoms with Gasteiger partial charge in [0.05, 0.1) is 18.7 Å². The molecule has 2 aliphatic rings. The first-order chi connectivity index (χ1) is 13.8. The molecule has 0 amide bonds. The van der Waals surface area contributed by atoms with E-state index in [9.17, 15) is 0 Å². The van der Waals surface area contributed by atoms with E-state index in [4.69, 9.17) is 14.5 Å². The number of rotatable bonds is 5. The number of fused-ring (bicyclic) bond motifs is 1. The highest BCUT2D eigenvalue weighted by Crippen LogP contribution is 2.33. The second-order valence-corrected chi connectivity index (χ2v) is 7.35. The molecule has 0 radical (unpaired) electrons. The quantitative estimate of drug-likeness (QED) is 0.716. The van der Waals surface area contributed by atoms with Gasteiger partial charge in [-0.1, -0.05) is 24.3 Å². The second kappa shape index (κ2) is 7.60. The summed E-state index contributed by atoms with van der Waals surface area (Å²) < 4.78 is 11.6. The van der Waals surface area contributed by atoms with Gasteiger partial charge in [-0.25, -0.2) is 9.97 Å². The second-order valence-electron chi connectivity index (χ2n) is 7.35. The Hall–Kier alpha value is -2.92. The Morgan fingerprint density at radius 2 is 1.96 bits per heavy atom. The van der Waals surface area contributed by atoms with Gasteiger partial charge in [0.25, 0.3) is 0 Å². The van der Waals surface area contributed by atoms with E-state index in [1.165, 1.54) is 5.57 Å². The highest BCUT2D eigenvalue weighted by atomic mass is 16.5. The molecule has 5 rings (SSSR count). The topological polar surface area (TPSA) is 56.3 Å². The number of nitrogens with zero attached hydrogens (tertiary/aromatic N) is 2. The molecule has 0 spiro atoms. The maximum Gasteiger partial charge on any atom is 0.221 e. The summed E-state index contributed by atoms with van der Waals surface area (Å²) >= 11 is 0. The predicted molar refractivity (Wildman–Crippen MR) is 110 cm³/mol. The van der Waals surface area contributed by atoms with Crippen molar-refractivity contribution in [1.29, 1.82) is 0 Å². The molecule has 1 aliphatic carbocycles. The minimum Gasteiger partial charge on any atom is -0.474 e. The first-order valence-electron chi connectivity index (χ1n) is 9.86. The van der Waals surface area contributed by atoms with Crippen LogP contribution >= 0.6 is 0 Å².